The van der Waals surface area contributed by atoms with E-state index < -0.39 is 41.4 Å². The maximum Gasteiger partial charge on any atom is 0.525 e. The van der Waals surface area contributed by atoms with Gasteiger partial charge in [0, 0.05) is 19.3 Å². The molecule has 0 rings (SSSR count). The third kappa shape index (κ3) is 15.3. The minimum Gasteiger partial charge on any atom is -0.161 e. The maximum absolute atomic E-state index is 12.5. The largest absolute Gasteiger partial charge is 0.525 e. The van der Waals surface area contributed by atoms with Gasteiger partial charge in [-0.2, -0.15) is 19.6 Å². The van der Waals surface area contributed by atoms with Crippen molar-refractivity contribution in [2.24, 2.45) is 0 Å². The standard InChI is InChI=1S/C24H48NO6P3/c1-4-7-10-13-16-19-22(32(26)27)25(23(33(28)29)20-17-14-11-8-5-2)24(34(30)31)21-18-15-12-9-6-3/h22-24H,4-21H2,1-3H3/p+3. The molecule has 0 heterocycles. The van der Waals surface area contributed by atoms with Gasteiger partial charge in [0.15, 0.2) is 0 Å². The second-order valence-corrected chi connectivity index (χ2v) is 13.0. The first kappa shape index (κ1) is 34.1. The minimum absolute atomic E-state index is 0.389. The summed E-state index contributed by atoms with van der Waals surface area (Å²) in [6.45, 7) is 6.38. The molecule has 6 atom stereocenters. The van der Waals surface area contributed by atoms with Crippen LogP contribution in [0.5, 0.6) is 0 Å². The highest BCUT2D eigenvalue weighted by Crippen LogP contribution is 2.46. The van der Waals surface area contributed by atoms with Crippen molar-refractivity contribution in [3.05, 3.63) is 0 Å². The van der Waals surface area contributed by atoms with Crippen molar-refractivity contribution in [3.8, 4) is 0 Å². The van der Waals surface area contributed by atoms with E-state index in [1.807, 2.05) is 0 Å². The van der Waals surface area contributed by atoms with E-state index in [4.69, 9.17) is 0 Å². The SMILES string of the molecule is CCCCCCCC(N(C(CCCCCCC)[P+](=O)O)C(CCCCCCC)[P+](=O)O)[P+](=O)O. The Kier molecular flexibility index (Phi) is 22.4. The van der Waals surface area contributed by atoms with Gasteiger partial charge in [0.25, 0.3) is 0 Å². The van der Waals surface area contributed by atoms with Crippen LogP contribution in [0.15, 0.2) is 0 Å². The number of nitrogens with zero attached hydrogens (tertiary/aromatic N) is 1. The second kappa shape index (κ2) is 22.3. The van der Waals surface area contributed by atoms with Crippen LogP contribution in [0.3, 0.4) is 0 Å². The Bertz CT molecular complexity index is 491. The zero-order chi connectivity index (χ0) is 25.8. The third-order valence-corrected chi connectivity index (χ3v) is 9.60. The third-order valence-electron chi connectivity index (χ3n) is 6.49. The van der Waals surface area contributed by atoms with Crippen LogP contribution >= 0.6 is 24.1 Å². The summed E-state index contributed by atoms with van der Waals surface area (Å²) in [5, 5.41) is 0. The zero-order valence-corrected chi connectivity index (χ0v) is 24.5. The van der Waals surface area contributed by atoms with Crippen molar-refractivity contribution >= 4 is 24.1 Å². The van der Waals surface area contributed by atoms with Gasteiger partial charge >= 0.3 is 24.1 Å². The lowest BCUT2D eigenvalue weighted by atomic mass is 10.1. The van der Waals surface area contributed by atoms with Crippen molar-refractivity contribution in [1.82, 2.24) is 4.90 Å². The molecule has 0 fully saturated rings. The molecule has 3 N–H and O–H groups in total. The van der Waals surface area contributed by atoms with Crippen LogP contribution in [0, 0.1) is 0 Å². The van der Waals surface area contributed by atoms with Gasteiger partial charge in [0.1, 0.15) is 0 Å². The average molecular weight is 543 g/mol. The van der Waals surface area contributed by atoms with Crippen molar-refractivity contribution in [1.29, 1.82) is 0 Å². The molecule has 0 saturated heterocycles. The lowest BCUT2D eigenvalue weighted by Gasteiger charge is -2.26. The summed E-state index contributed by atoms with van der Waals surface area (Å²) >= 11 is 0. The smallest absolute Gasteiger partial charge is 0.161 e. The van der Waals surface area contributed by atoms with E-state index in [0.29, 0.717) is 19.3 Å². The summed E-state index contributed by atoms with van der Waals surface area (Å²) in [5.41, 5.74) is 0. The van der Waals surface area contributed by atoms with Crippen molar-refractivity contribution in [3.63, 3.8) is 0 Å². The second-order valence-electron chi connectivity index (χ2n) is 9.41. The fraction of sp³-hybridized carbons (Fsp3) is 1.00. The van der Waals surface area contributed by atoms with Crippen LogP contribution in [0.4, 0.5) is 0 Å². The van der Waals surface area contributed by atoms with Crippen molar-refractivity contribution in [2.75, 3.05) is 0 Å². The van der Waals surface area contributed by atoms with E-state index in [9.17, 15) is 28.4 Å². The Morgan fingerprint density at radius 1 is 0.471 bits per heavy atom. The molecule has 34 heavy (non-hydrogen) atoms. The Hall–Kier alpha value is 0.140. The quantitative estimate of drug-likeness (QED) is 0.0826. The first-order chi connectivity index (χ1) is 16.3. The maximum atomic E-state index is 12.5. The van der Waals surface area contributed by atoms with Gasteiger partial charge in [-0.15, -0.1) is 0 Å². The molecule has 0 radical (unpaired) electrons. The highest BCUT2D eigenvalue weighted by Gasteiger charge is 2.55. The molecular formula is C24H51NO6P3+3. The molecule has 0 aliphatic heterocycles. The van der Waals surface area contributed by atoms with E-state index in [1.54, 1.807) is 0 Å². The molecule has 6 unspecified atom stereocenters. The number of hydrogen-bond acceptors (Lipinski definition) is 4. The predicted octanol–water partition coefficient (Wildman–Crippen LogP) is 8.55. The molecule has 0 aliphatic carbocycles. The monoisotopic (exact) mass is 542 g/mol. The molecule has 7 nitrogen and oxygen atoms in total. The van der Waals surface area contributed by atoms with E-state index in [1.165, 1.54) is 4.90 Å². The van der Waals surface area contributed by atoms with Gasteiger partial charge in [-0.25, -0.2) is 0 Å². The van der Waals surface area contributed by atoms with Gasteiger partial charge < -0.3 is 0 Å². The molecule has 0 saturated carbocycles. The Morgan fingerprint density at radius 3 is 0.912 bits per heavy atom. The Morgan fingerprint density at radius 2 is 0.706 bits per heavy atom. The molecule has 0 bridgehead atoms. The summed E-state index contributed by atoms with van der Waals surface area (Å²) in [4.78, 5) is 32.3. The number of rotatable bonds is 24. The molecule has 0 aromatic rings. The van der Waals surface area contributed by atoms with Crippen LogP contribution in [0.25, 0.3) is 0 Å². The topological polar surface area (TPSA) is 115 Å². The molecule has 0 aromatic carbocycles. The van der Waals surface area contributed by atoms with Gasteiger partial charge in [-0.3, -0.25) is 0 Å². The highest BCUT2D eigenvalue weighted by molar-refractivity contribution is 7.41. The highest BCUT2D eigenvalue weighted by atomic mass is 31.1. The molecular weight excluding hydrogens is 491 g/mol. The number of unbranched alkanes of at least 4 members (excludes halogenated alkanes) is 12. The number of hydrogen-bond donors (Lipinski definition) is 3. The molecule has 0 aromatic heterocycles. The van der Waals surface area contributed by atoms with Crippen LogP contribution in [-0.4, -0.2) is 36.9 Å². The van der Waals surface area contributed by atoms with Gasteiger partial charge in [0.2, 0.25) is 17.3 Å². The lowest BCUT2D eigenvalue weighted by Crippen LogP contribution is -2.45. The van der Waals surface area contributed by atoms with E-state index in [-0.39, 0.29) is 0 Å². The molecule has 0 aliphatic rings. The fourth-order valence-corrected chi connectivity index (χ4v) is 7.68. The van der Waals surface area contributed by atoms with E-state index >= 15 is 0 Å². The van der Waals surface area contributed by atoms with Gasteiger partial charge in [0.05, 0.1) is 0 Å². The van der Waals surface area contributed by atoms with Crippen LogP contribution in [0.2, 0.25) is 0 Å². The van der Waals surface area contributed by atoms with Gasteiger partial charge in [-0.05, 0) is 33.0 Å². The summed E-state index contributed by atoms with van der Waals surface area (Å²) in [5.74, 6) is -2.64. The molecule has 200 valence electrons. The summed E-state index contributed by atoms with van der Waals surface area (Å²) in [6, 6.07) is 0. The molecule has 10 heteroatoms. The van der Waals surface area contributed by atoms with Crippen molar-refractivity contribution in [2.45, 2.75) is 154 Å². The lowest BCUT2D eigenvalue weighted by molar-refractivity contribution is 0.158. The predicted molar refractivity (Wildman–Crippen MR) is 143 cm³/mol. The van der Waals surface area contributed by atoms with Crippen LogP contribution < -0.4 is 0 Å². The Labute approximate surface area is 211 Å². The first-order valence-electron chi connectivity index (χ1n) is 13.5. The zero-order valence-electron chi connectivity index (χ0n) is 21.8. The van der Waals surface area contributed by atoms with Crippen LogP contribution in [-0.2, 0) is 13.7 Å². The molecule has 0 amide bonds. The average Bonchev–Trinajstić information content (AvgIpc) is 2.78. The summed E-state index contributed by atoms with van der Waals surface area (Å²) in [7, 11) is -8.08. The van der Waals surface area contributed by atoms with Crippen LogP contribution in [0.1, 0.15) is 136 Å². The molecule has 0 spiro atoms. The normalized spacial score (nSPS) is 15.8. The summed E-state index contributed by atoms with van der Waals surface area (Å²) in [6.07, 6.45) is 15.8. The first-order valence-corrected chi connectivity index (χ1v) is 17.4. The Balaban J connectivity index is 5.70. The van der Waals surface area contributed by atoms with Crippen molar-refractivity contribution < 1.29 is 28.4 Å². The van der Waals surface area contributed by atoms with E-state index in [2.05, 4.69) is 20.8 Å². The van der Waals surface area contributed by atoms with Gasteiger partial charge in [-0.1, -0.05) is 97.8 Å². The minimum atomic E-state index is -2.69. The fourth-order valence-electron chi connectivity index (χ4n) is 4.51. The summed E-state index contributed by atoms with van der Waals surface area (Å²) < 4.78 is 37.5. The van der Waals surface area contributed by atoms with E-state index in [0.717, 1.165) is 96.3 Å².